The van der Waals surface area contributed by atoms with Crippen LogP contribution in [0.15, 0.2) is 4.52 Å². The molecule has 0 saturated heterocycles. The van der Waals surface area contributed by atoms with Crippen molar-refractivity contribution >= 4 is 12.4 Å². The summed E-state index contributed by atoms with van der Waals surface area (Å²) >= 11 is 0. The molecule has 0 aliphatic heterocycles. The highest BCUT2D eigenvalue weighted by Gasteiger charge is 2.37. The van der Waals surface area contributed by atoms with Crippen molar-refractivity contribution in [2.75, 3.05) is 0 Å². The molecule has 0 spiro atoms. The zero-order chi connectivity index (χ0) is 11.8. The van der Waals surface area contributed by atoms with Gasteiger partial charge in [-0.2, -0.15) is 4.98 Å². The van der Waals surface area contributed by atoms with E-state index in [0.717, 1.165) is 32.1 Å². The van der Waals surface area contributed by atoms with Crippen molar-refractivity contribution < 1.29 is 4.52 Å². The highest BCUT2D eigenvalue weighted by atomic mass is 35.5. The Bertz CT molecular complexity index is 370. The van der Waals surface area contributed by atoms with Crippen LogP contribution in [0.5, 0.6) is 0 Å². The molecule has 5 heteroatoms. The van der Waals surface area contributed by atoms with Gasteiger partial charge < -0.3 is 10.3 Å². The minimum atomic E-state index is -0.342. The van der Waals surface area contributed by atoms with Crippen LogP contribution in [0.1, 0.15) is 64.6 Å². The Morgan fingerprint density at radius 2 is 1.94 bits per heavy atom. The van der Waals surface area contributed by atoms with Gasteiger partial charge in [0.2, 0.25) is 5.89 Å². The Kier molecular flexibility index (Phi) is 4.20. The fraction of sp³-hybridized carbons (Fsp3) is 0.833. The maximum atomic E-state index is 6.29. The molecule has 1 aliphatic rings. The molecule has 4 nitrogen and oxygen atoms in total. The topological polar surface area (TPSA) is 64.9 Å². The molecular formula is C12H22ClN3O. The third-order valence-corrected chi connectivity index (χ3v) is 3.83. The summed E-state index contributed by atoms with van der Waals surface area (Å²) < 4.78 is 5.36. The smallest absolute Gasteiger partial charge is 0.232 e. The normalized spacial score (nSPS) is 19.1. The highest BCUT2D eigenvalue weighted by molar-refractivity contribution is 5.85. The Morgan fingerprint density at radius 1 is 1.35 bits per heavy atom. The Morgan fingerprint density at radius 3 is 2.47 bits per heavy atom. The first-order chi connectivity index (χ1) is 7.48. The van der Waals surface area contributed by atoms with Gasteiger partial charge in [0.1, 0.15) is 0 Å². The lowest BCUT2D eigenvalue weighted by atomic mass is 9.90. The van der Waals surface area contributed by atoms with Crippen LogP contribution >= 0.6 is 12.4 Å². The summed E-state index contributed by atoms with van der Waals surface area (Å²) in [5, 5.41) is 4.07. The quantitative estimate of drug-likeness (QED) is 0.907. The predicted molar refractivity (Wildman–Crippen MR) is 69.2 cm³/mol. The first-order valence-corrected chi connectivity index (χ1v) is 6.11. The van der Waals surface area contributed by atoms with Crippen LogP contribution in [0.25, 0.3) is 0 Å². The van der Waals surface area contributed by atoms with Crippen LogP contribution in [0, 0.1) is 0 Å². The molecule has 2 N–H and O–H groups in total. The van der Waals surface area contributed by atoms with Crippen molar-refractivity contribution in [1.82, 2.24) is 10.1 Å². The molecule has 17 heavy (non-hydrogen) atoms. The van der Waals surface area contributed by atoms with E-state index < -0.39 is 0 Å². The summed E-state index contributed by atoms with van der Waals surface area (Å²) in [5.74, 6) is 1.41. The number of aromatic nitrogens is 2. The molecule has 98 valence electrons. The second-order valence-corrected chi connectivity index (χ2v) is 5.52. The van der Waals surface area contributed by atoms with Crippen LogP contribution in [-0.4, -0.2) is 10.1 Å². The van der Waals surface area contributed by atoms with Gasteiger partial charge in [-0.1, -0.05) is 38.8 Å². The molecule has 2 rings (SSSR count). The third kappa shape index (κ3) is 2.63. The molecule has 0 radical (unpaired) electrons. The molecule has 1 aliphatic carbocycles. The van der Waals surface area contributed by atoms with E-state index in [4.69, 9.17) is 10.3 Å². The standard InChI is InChI=1S/C12H21N3O.ClH/c1-4-11(2,3)10-14-9(15-16-10)12(13)7-5-6-8-12;/h4-8,13H2,1-3H3;1H. The molecule has 1 fully saturated rings. The minimum Gasteiger partial charge on any atom is -0.339 e. The number of halogens is 1. The van der Waals surface area contributed by atoms with Gasteiger partial charge in [0.05, 0.1) is 5.54 Å². The number of hydrogen-bond acceptors (Lipinski definition) is 4. The van der Waals surface area contributed by atoms with Crippen LogP contribution in [0.2, 0.25) is 0 Å². The van der Waals surface area contributed by atoms with E-state index in [0.29, 0.717) is 11.7 Å². The van der Waals surface area contributed by atoms with E-state index in [2.05, 4.69) is 30.9 Å². The van der Waals surface area contributed by atoms with Crippen LogP contribution in [0.4, 0.5) is 0 Å². The second-order valence-electron chi connectivity index (χ2n) is 5.52. The van der Waals surface area contributed by atoms with Gasteiger partial charge in [0.25, 0.3) is 0 Å². The molecule has 1 aromatic heterocycles. The average molecular weight is 260 g/mol. The Balaban J connectivity index is 0.00000144. The van der Waals surface area contributed by atoms with E-state index in [1.54, 1.807) is 0 Å². The van der Waals surface area contributed by atoms with Crippen LogP contribution in [-0.2, 0) is 11.0 Å². The third-order valence-electron chi connectivity index (χ3n) is 3.83. The largest absolute Gasteiger partial charge is 0.339 e. The van der Waals surface area contributed by atoms with Crippen LogP contribution < -0.4 is 5.73 Å². The van der Waals surface area contributed by atoms with Gasteiger partial charge in [-0.15, -0.1) is 12.4 Å². The van der Waals surface area contributed by atoms with Gasteiger partial charge in [0, 0.05) is 5.41 Å². The highest BCUT2D eigenvalue weighted by Crippen LogP contribution is 2.35. The number of nitrogens with two attached hydrogens (primary N) is 1. The van der Waals surface area contributed by atoms with E-state index in [-0.39, 0.29) is 23.4 Å². The number of rotatable bonds is 3. The monoisotopic (exact) mass is 259 g/mol. The zero-order valence-electron chi connectivity index (χ0n) is 10.8. The molecule has 0 atom stereocenters. The van der Waals surface area contributed by atoms with E-state index in [1.807, 2.05) is 0 Å². The van der Waals surface area contributed by atoms with E-state index in [9.17, 15) is 0 Å². The number of hydrogen-bond donors (Lipinski definition) is 1. The van der Waals surface area contributed by atoms with Gasteiger partial charge in [0.15, 0.2) is 5.82 Å². The molecule has 1 saturated carbocycles. The van der Waals surface area contributed by atoms with Gasteiger partial charge in [-0.25, -0.2) is 0 Å². The van der Waals surface area contributed by atoms with Crippen molar-refractivity contribution in [2.24, 2.45) is 5.73 Å². The van der Waals surface area contributed by atoms with Crippen molar-refractivity contribution in [3.05, 3.63) is 11.7 Å². The fourth-order valence-electron chi connectivity index (χ4n) is 2.08. The van der Waals surface area contributed by atoms with Gasteiger partial charge in [-0.3, -0.25) is 0 Å². The summed E-state index contributed by atoms with van der Waals surface area (Å²) in [6, 6.07) is 0. The minimum absolute atomic E-state index is 0. The molecular weight excluding hydrogens is 238 g/mol. The Labute approximate surface area is 109 Å². The zero-order valence-corrected chi connectivity index (χ0v) is 11.6. The number of nitrogens with zero attached hydrogens (tertiary/aromatic N) is 2. The SMILES string of the molecule is CCC(C)(C)c1nc(C2(N)CCCC2)no1.Cl. The summed E-state index contributed by atoms with van der Waals surface area (Å²) in [4.78, 5) is 4.50. The summed E-state index contributed by atoms with van der Waals surface area (Å²) in [6.07, 6.45) is 5.25. The molecule has 0 unspecified atom stereocenters. The van der Waals surface area contributed by atoms with Crippen molar-refractivity contribution in [2.45, 2.75) is 63.8 Å². The Hall–Kier alpha value is -0.610. The molecule has 0 amide bonds. The lowest BCUT2D eigenvalue weighted by molar-refractivity contribution is 0.294. The second kappa shape index (κ2) is 4.94. The predicted octanol–water partition coefficient (Wildman–Crippen LogP) is 2.91. The summed E-state index contributed by atoms with van der Waals surface area (Å²) in [7, 11) is 0. The maximum Gasteiger partial charge on any atom is 0.232 e. The molecule has 1 aromatic rings. The lowest BCUT2D eigenvalue weighted by Gasteiger charge is -2.19. The van der Waals surface area contributed by atoms with E-state index >= 15 is 0 Å². The van der Waals surface area contributed by atoms with Crippen molar-refractivity contribution in [3.8, 4) is 0 Å². The lowest BCUT2D eigenvalue weighted by Crippen LogP contribution is -2.34. The van der Waals surface area contributed by atoms with Crippen molar-refractivity contribution in [3.63, 3.8) is 0 Å². The van der Waals surface area contributed by atoms with E-state index in [1.165, 1.54) is 0 Å². The van der Waals surface area contributed by atoms with Crippen LogP contribution in [0.3, 0.4) is 0 Å². The van der Waals surface area contributed by atoms with Gasteiger partial charge in [-0.05, 0) is 19.3 Å². The average Bonchev–Trinajstić information content (AvgIpc) is 2.86. The molecule has 0 bridgehead atoms. The fourth-order valence-corrected chi connectivity index (χ4v) is 2.08. The van der Waals surface area contributed by atoms with Crippen molar-refractivity contribution in [1.29, 1.82) is 0 Å². The molecule has 1 heterocycles. The molecule has 0 aromatic carbocycles. The first-order valence-electron chi connectivity index (χ1n) is 6.11. The summed E-state index contributed by atoms with van der Waals surface area (Å²) in [6.45, 7) is 6.35. The summed E-state index contributed by atoms with van der Waals surface area (Å²) in [5.41, 5.74) is 5.90. The maximum absolute atomic E-state index is 6.29. The first kappa shape index (κ1) is 14.5. The van der Waals surface area contributed by atoms with Gasteiger partial charge >= 0.3 is 0 Å².